The molecule has 520 valence electrons. The number of imidazole rings is 2. The number of hydrogen-bond donors (Lipinski definition) is 2. The fourth-order valence-electron chi connectivity index (χ4n) is 12.7. The second-order valence-corrected chi connectivity index (χ2v) is 28.2. The van der Waals surface area contributed by atoms with Crippen LogP contribution in [0.25, 0.3) is 23.3 Å². The van der Waals surface area contributed by atoms with Gasteiger partial charge in [-0.25, -0.2) is 29.1 Å². The minimum atomic E-state index is -0.987. The van der Waals surface area contributed by atoms with Gasteiger partial charge in [0, 0.05) is 102 Å². The molecule has 6 aliphatic carbocycles. The Morgan fingerprint density at radius 2 is 0.990 bits per heavy atom. The number of carbonyl (C=O) groups is 6. The van der Waals surface area contributed by atoms with Crippen molar-refractivity contribution in [1.29, 1.82) is 0 Å². The third kappa shape index (κ3) is 15.6. The summed E-state index contributed by atoms with van der Waals surface area (Å²) in [6.45, 7) is 12.7. The van der Waals surface area contributed by atoms with Gasteiger partial charge in [0.1, 0.15) is 22.4 Å². The van der Waals surface area contributed by atoms with Gasteiger partial charge in [-0.15, -0.1) is 0 Å². The molecule has 2 aromatic carbocycles. The highest BCUT2D eigenvalue weighted by atomic mass is 35.5. The van der Waals surface area contributed by atoms with Crippen LogP contribution in [0.3, 0.4) is 0 Å². The van der Waals surface area contributed by atoms with Gasteiger partial charge in [-0.05, 0) is 172 Å². The van der Waals surface area contributed by atoms with Crippen molar-refractivity contribution in [3.05, 3.63) is 164 Å². The number of nitrogens with two attached hydrogens (primary N) is 1. The number of hydroxylamine groups is 2. The van der Waals surface area contributed by atoms with Crippen LogP contribution >= 0.6 is 23.2 Å². The first-order valence-electron chi connectivity index (χ1n) is 32.8. The molecule has 7 heterocycles. The van der Waals surface area contributed by atoms with Crippen LogP contribution in [-0.2, 0) is 47.5 Å². The lowest BCUT2D eigenvalue weighted by atomic mass is 9.90. The molecule has 0 bridgehead atoms. The van der Waals surface area contributed by atoms with Crippen LogP contribution in [-0.4, -0.2) is 165 Å². The number of pyridine rings is 2. The van der Waals surface area contributed by atoms with Gasteiger partial charge in [-0.3, -0.25) is 34.2 Å². The largest absolute Gasteiger partial charge is 0.534 e. The fraction of sp³-hybridized carbons (Fsp3) is 0.472. The van der Waals surface area contributed by atoms with Gasteiger partial charge < -0.3 is 48.9 Å². The lowest BCUT2D eigenvalue weighted by Gasteiger charge is -2.39. The second-order valence-electron chi connectivity index (χ2n) is 27.3. The summed E-state index contributed by atoms with van der Waals surface area (Å²) < 4.78 is 26.0. The molecule has 4 atom stereocenters. The SMILES string of the molecule is C.C.CC1(OC(=O)ON2C(=O)CCC2=O)CC1.Cn1cncc1[C@H](N)C1=Cc2cccnc2[C@@H](N2CCN(C(=O)OC3(C)CC3)CC2)c2ccc(Cl)cc21.Cn1cncc1[C@H](NC(=O)OC1(C)CC1)C1=Cc2cccnc2[C@@H](N2CCN(C(=O)OC3(C)CC3)CC2)c2ccc(Cl)cc21. The van der Waals surface area contributed by atoms with Gasteiger partial charge in [-0.1, -0.05) is 67.4 Å². The zero-order chi connectivity index (χ0) is 67.4. The molecule has 24 nitrogen and oxygen atoms in total. The number of piperazine rings is 2. The van der Waals surface area contributed by atoms with E-state index in [4.69, 9.17) is 57.9 Å². The number of benzene rings is 2. The number of imide groups is 1. The van der Waals surface area contributed by atoms with Crippen molar-refractivity contribution in [2.75, 3.05) is 52.4 Å². The Hall–Kier alpha value is -8.68. The molecule has 0 spiro atoms. The third-order valence-electron chi connectivity index (χ3n) is 19.6. The van der Waals surface area contributed by atoms with Gasteiger partial charge in [0.05, 0.1) is 72.0 Å². The number of nitrogens with zero attached hydrogens (tertiary/aromatic N) is 11. The zero-order valence-electron chi connectivity index (χ0n) is 54.7. The van der Waals surface area contributed by atoms with Gasteiger partial charge in [0.15, 0.2) is 0 Å². The Morgan fingerprint density at radius 1 is 0.571 bits per heavy atom. The average Bonchev–Trinajstić information content (AvgIpc) is 1.72. The lowest BCUT2D eigenvalue weighted by molar-refractivity contribution is -0.179. The van der Waals surface area contributed by atoms with Crippen LogP contribution < -0.4 is 11.1 Å². The second kappa shape index (κ2) is 28.3. The molecule has 4 saturated carbocycles. The summed E-state index contributed by atoms with van der Waals surface area (Å²) in [6, 6.07) is 18.7. The number of amides is 5. The smallest absolute Gasteiger partial charge is 0.443 e. The summed E-state index contributed by atoms with van der Waals surface area (Å²) in [5.41, 5.74) is 16.8. The summed E-state index contributed by atoms with van der Waals surface area (Å²) in [5.74, 6) is -1.00. The molecular formula is C72H87Cl2N13O11. The fourth-order valence-corrected chi connectivity index (χ4v) is 13.1. The summed E-state index contributed by atoms with van der Waals surface area (Å²) in [6.07, 6.45) is 20.2. The molecule has 3 aliphatic heterocycles. The number of aromatic nitrogens is 6. The van der Waals surface area contributed by atoms with E-state index in [1.165, 1.54) is 0 Å². The first-order valence-corrected chi connectivity index (χ1v) is 33.5. The quantitative estimate of drug-likeness (QED) is 0.0655. The Bertz CT molecular complexity index is 4070. The highest BCUT2D eigenvalue weighted by molar-refractivity contribution is 6.31. The molecule has 9 aliphatic rings. The minimum Gasteiger partial charge on any atom is -0.443 e. The summed E-state index contributed by atoms with van der Waals surface area (Å²) >= 11 is 13.2. The number of carbonyl (C=O) groups excluding carboxylic acids is 6. The van der Waals surface area contributed by atoms with Crippen LogP contribution in [0.1, 0.15) is 187 Å². The Morgan fingerprint density at radius 3 is 1.43 bits per heavy atom. The Kier molecular flexibility index (Phi) is 20.4. The number of fused-ring (bicyclic) bond motifs is 4. The predicted molar refractivity (Wildman–Crippen MR) is 368 cm³/mol. The molecule has 15 rings (SSSR count). The molecule has 0 unspecified atom stereocenters. The maximum atomic E-state index is 13.3. The van der Waals surface area contributed by atoms with Crippen molar-refractivity contribution in [3.8, 4) is 0 Å². The van der Waals surface area contributed by atoms with E-state index in [9.17, 15) is 28.8 Å². The van der Waals surface area contributed by atoms with Crippen molar-refractivity contribution in [3.63, 3.8) is 0 Å². The van der Waals surface area contributed by atoms with E-state index >= 15 is 0 Å². The topological polar surface area (TPSA) is 264 Å². The third-order valence-corrected chi connectivity index (χ3v) is 20.0. The van der Waals surface area contributed by atoms with Crippen molar-refractivity contribution in [1.82, 2.24) is 59.0 Å². The Labute approximate surface area is 581 Å². The lowest BCUT2D eigenvalue weighted by Crippen LogP contribution is -2.50. The number of alkyl carbamates (subject to hydrolysis) is 1. The number of ether oxygens (including phenoxy) is 4. The summed E-state index contributed by atoms with van der Waals surface area (Å²) in [4.78, 5) is 103. The van der Waals surface area contributed by atoms with E-state index in [2.05, 4.69) is 66.3 Å². The standard InChI is InChI=1S/C33H37ClN6O4.C28H31ClN6O2.C9H11NO5.2CH4/c1-32(8-9-32)43-30(41)37-28(26-19-35-20-38(26)3)25-17-21-5-4-12-36-27(21)29(23-7-6-22(34)18-24(23)25)39-13-15-40(16-14-39)31(42)44-33(2)10-11-33;1-28(7-8-28)37-27(36)35-12-10-34(11-13-35)26-20-6-5-19(29)15-21(20)22(14-18-4-3-9-32-25(18)26)24(30)23-16-31-17-33(23)2;1-9(4-5-9)14-8(13)15-10-6(11)2-3-7(10)12;;/h4-7,12,17-20,28-29H,8-11,13-16H2,1-3H3,(H,37,41);3-6,9,14-17,24,26H,7-8,10-13,30H2,1-2H3;2-5H2,1H3;2*1H4/t28-,29+;24-,26+;;;/m11.../s1. The minimum absolute atomic E-state index is 0. The van der Waals surface area contributed by atoms with E-state index in [-0.39, 0.29) is 63.2 Å². The van der Waals surface area contributed by atoms with Gasteiger partial charge >= 0.3 is 24.4 Å². The molecule has 5 amide bonds. The number of rotatable bonds is 12. The molecule has 98 heavy (non-hydrogen) atoms. The van der Waals surface area contributed by atoms with Gasteiger partial charge in [0.2, 0.25) is 0 Å². The molecule has 3 saturated heterocycles. The average molecular weight is 1380 g/mol. The van der Waals surface area contributed by atoms with E-state index in [0.717, 1.165) is 119 Å². The van der Waals surface area contributed by atoms with Crippen LogP contribution in [0, 0.1) is 0 Å². The van der Waals surface area contributed by atoms with E-state index in [0.29, 0.717) is 67.5 Å². The normalized spacial score (nSPS) is 21.5. The molecule has 6 aromatic rings. The van der Waals surface area contributed by atoms with Crippen LogP contribution in [0.4, 0.5) is 19.2 Å². The molecule has 7 fully saturated rings. The first kappa shape index (κ1) is 70.6. The molecule has 4 aromatic heterocycles. The number of hydrogen-bond acceptors (Lipinski definition) is 18. The van der Waals surface area contributed by atoms with Crippen molar-refractivity contribution in [2.24, 2.45) is 19.8 Å². The number of aryl methyl sites for hydroxylation is 2. The predicted octanol–water partition coefficient (Wildman–Crippen LogP) is 12.2. The van der Waals surface area contributed by atoms with Crippen LogP contribution in [0.5, 0.6) is 0 Å². The maximum absolute atomic E-state index is 13.3. The van der Waals surface area contributed by atoms with Crippen molar-refractivity contribution >= 4 is 82.7 Å². The zero-order valence-corrected chi connectivity index (χ0v) is 56.2. The molecular weight excluding hydrogens is 1290 g/mol. The van der Waals surface area contributed by atoms with Crippen LogP contribution in [0.2, 0.25) is 10.0 Å². The maximum Gasteiger partial charge on any atom is 0.534 e. The summed E-state index contributed by atoms with van der Waals surface area (Å²) in [5, 5.41) is 4.88. The monoisotopic (exact) mass is 1380 g/mol. The number of halogens is 2. The van der Waals surface area contributed by atoms with E-state index in [1.807, 2.05) is 104 Å². The van der Waals surface area contributed by atoms with Gasteiger partial charge in [-0.2, -0.15) is 0 Å². The highest BCUT2D eigenvalue weighted by Crippen LogP contribution is 2.48. The molecule has 0 radical (unpaired) electrons. The Balaban J connectivity index is 0.000000163. The molecule has 3 N–H and O–H groups in total. The highest BCUT2D eigenvalue weighted by Gasteiger charge is 2.47. The first-order chi connectivity index (χ1) is 45.9. The number of nitrogens with one attached hydrogen (secondary N) is 1. The molecule has 26 heteroatoms. The van der Waals surface area contributed by atoms with E-state index in [1.54, 1.807) is 30.7 Å². The van der Waals surface area contributed by atoms with Crippen LogP contribution in [0.15, 0.2) is 98.1 Å². The van der Waals surface area contributed by atoms with E-state index < -0.39 is 47.3 Å². The summed E-state index contributed by atoms with van der Waals surface area (Å²) in [7, 11) is 3.86. The van der Waals surface area contributed by atoms with Crippen molar-refractivity contribution < 1.29 is 52.6 Å². The van der Waals surface area contributed by atoms with Gasteiger partial charge in [0.25, 0.3) is 11.8 Å². The van der Waals surface area contributed by atoms with Crippen molar-refractivity contribution in [2.45, 2.75) is 153 Å².